The number of ether oxygens (including phenoxy) is 2. The summed E-state index contributed by atoms with van der Waals surface area (Å²) in [5.41, 5.74) is 0.752. The molecule has 4 nitrogen and oxygen atoms in total. The summed E-state index contributed by atoms with van der Waals surface area (Å²) in [5.74, 6) is 0.230. The summed E-state index contributed by atoms with van der Waals surface area (Å²) in [4.78, 5) is 16.5. The molecule has 1 aliphatic heterocycles. The molecule has 2 aromatic carbocycles. The molecule has 5 heteroatoms. The molecule has 0 bridgehead atoms. The first-order valence-electron chi connectivity index (χ1n) is 9.84. The summed E-state index contributed by atoms with van der Waals surface area (Å²) in [5, 5.41) is 0. The van der Waals surface area contributed by atoms with E-state index in [-0.39, 0.29) is 12.0 Å². The lowest BCUT2D eigenvalue weighted by Crippen LogP contribution is -2.42. The van der Waals surface area contributed by atoms with Crippen molar-refractivity contribution in [3.8, 4) is 0 Å². The second-order valence-electron chi connectivity index (χ2n) is 7.70. The first-order valence-corrected chi connectivity index (χ1v) is 10.7. The topological polar surface area (TPSA) is 38.8 Å². The van der Waals surface area contributed by atoms with Crippen molar-refractivity contribution in [1.29, 1.82) is 0 Å². The number of benzene rings is 2. The maximum Gasteiger partial charge on any atom is 0.412 e. The Kier molecular flexibility index (Phi) is 7.03. The molecule has 0 N–H and O–H groups in total. The van der Waals surface area contributed by atoms with Gasteiger partial charge in [-0.05, 0) is 55.5 Å². The number of amides is 1. The highest BCUT2D eigenvalue weighted by Crippen LogP contribution is 2.30. The van der Waals surface area contributed by atoms with Crippen LogP contribution in [0.4, 0.5) is 4.79 Å². The Balaban J connectivity index is 1.57. The Morgan fingerprint density at radius 3 is 2.43 bits per heavy atom. The highest BCUT2D eigenvalue weighted by molar-refractivity contribution is 7.99. The van der Waals surface area contributed by atoms with Gasteiger partial charge in [0.1, 0.15) is 12.3 Å². The molecule has 1 saturated heterocycles. The Labute approximate surface area is 172 Å². The lowest BCUT2D eigenvalue weighted by atomic mass is 9.86. The first-order chi connectivity index (χ1) is 13.5. The Morgan fingerprint density at radius 2 is 1.82 bits per heavy atom. The third-order valence-corrected chi connectivity index (χ3v) is 6.38. The van der Waals surface area contributed by atoms with Crippen LogP contribution in [-0.4, -0.2) is 36.5 Å². The standard InChI is InChI=1S/C23H29NO3S/c1-18(2)23(3,27-22(25)24-15-16-26-17-24)14-13-19-9-11-21(12-10-19)28-20-7-5-4-6-8-20/h4-12,18H,13-17H2,1-3H3. The SMILES string of the molecule is CC(C)C(C)(CCc1ccc(Sc2ccccc2)cc1)OC(=O)N1CCOC1. The van der Waals surface area contributed by atoms with Gasteiger partial charge in [-0.25, -0.2) is 4.79 Å². The zero-order valence-electron chi connectivity index (χ0n) is 16.9. The number of carbonyl (C=O) groups excluding carboxylic acids is 1. The summed E-state index contributed by atoms with van der Waals surface area (Å²) >= 11 is 1.76. The van der Waals surface area contributed by atoms with Crippen LogP contribution in [0.5, 0.6) is 0 Å². The molecular formula is C23H29NO3S. The zero-order valence-corrected chi connectivity index (χ0v) is 17.7. The third kappa shape index (κ3) is 5.52. The maximum atomic E-state index is 12.4. The largest absolute Gasteiger partial charge is 0.443 e. The molecule has 28 heavy (non-hydrogen) atoms. The molecule has 2 aromatic rings. The van der Waals surface area contributed by atoms with Gasteiger partial charge >= 0.3 is 6.09 Å². The van der Waals surface area contributed by atoms with Crippen LogP contribution in [0.3, 0.4) is 0 Å². The average Bonchev–Trinajstić information content (AvgIpc) is 3.23. The van der Waals surface area contributed by atoms with E-state index in [1.165, 1.54) is 15.4 Å². The normalized spacial score (nSPS) is 16.2. The van der Waals surface area contributed by atoms with Crippen LogP contribution in [0, 0.1) is 5.92 Å². The summed E-state index contributed by atoms with van der Waals surface area (Å²) in [6.45, 7) is 7.76. The van der Waals surface area contributed by atoms with E-state index in [0.29, 0.717) is 19.9 Å². The Morgan fingerprint density at radius 1 is 1.14 bits per heavy atom. The maximum absolute atomic E-state index is 12.4. The minimum Gasteiger partial charge on any atom is -0.443 e. The van der Waals surface area contributed by atoms with Crippen molar-refractivity contribution in [1.82, 2.24) is 4.90 Å². The van der Waals surface area contributed by atoms with Gasteiger partial charge in [0.05, 0.1) is 6.61 Å². The van der Waals surface area contributed by atoms with Crippen LogP contribution in [0.2, 0.25) is 0 Å². The van der Waals surface area contributed by atoms with Gasteiger partial charge < -0.3 is 9.47 Å². The molecule has 1 atom stereocenters. The van der Waals surface area contributed by atoms with Crippen molar-refractivity contribution in [2.75, 3.05) is 19.9 Å². The van der Waals surface area contributed by atoms with E-state index in [1.54, 1.807) is 16.7 Å². The van der Waals surface area contributed by atoms with Crippen molar-refractivity contribution in [3.05, 3.63) is 60.2 Å². The molecule has 0 spiro atoms. The van der Waals surface area contributed by atoms with Crippen LogP contribution in [0.1, 0.15) is 32.8 Å². The van der Waals surface area contributed by atoms with Gasteiger partial charge in [-0.3, -0.25) is 4.90 Å². The van der Waals surface area contributed by atoms with E-state index in [1.807, 2.05) is 13.0 Å². The number of carbonyl (C=O) groups is 1. The van der Waals surface area contributed by atoms with E-state index < -0.39 is 5.60 Å². The molecule has 1 amide bonds. The van der Waals surface area contributed by atoms with Crippen molar-refractivity contribution < 1.29 is 14.3 Å². The van der Waals surface area contributed by atoms with E-state index in [2.05, 4.69) is 62.4 Å². The van der Waals surface area contributed by atoms with Gasteiger partial charge in [0.25, 0.3) is 0 Å². The van der Waals surface area contributed by atoms with Crippen LogP contribution >= 0.6 is 11.8 Å². The van der Waals surface area contributed by atoms with Crippen LogP contribution in [0.25, 0.3) is 0 Å². The van der Waals surface area contributed by atoms with Gasteiger partial charge in [0.2, 0.25) is 0 Å². The molecule has 0 saturated carbocycles. The number of hydrogen-bond acceptors (Lipinski definition) is 4. The van der Waals surface area contributed by atoms with Gasteiger partial charge in [-0.15, -0.1) is 0 Å². The lowest BCUT2D eigenvalue weighted by molar-refractivity contribution is -0.0347. The molecular weight excluding hydrogens is 370 g/mol. The zero-order chi connectivity index (χ0) is 20.0. The molecule has 1 aliphatic rings. The van der Waals surface area contributed by atoms with Gasteiger partial charge in [-0.2, -0.15) is 0 Å². The van der Waals surface area contributed by atoms with Gasteiger partial charge in [-0.1, -0.05) is 55.9 Å². The first kappa shape index (κ1) is 20.7. The Hall–Kier alpha value is -1.98. The molecule has 1 heterocycles. The van der Waals surface area contributed by atoms with Crippen molar-refractivity contribution in [2.45, 2.75) is 49.0 Å². The second-order valence-corrected chi connectivity index (χ2v) is 8.84. The van der Waals surface area contributed by atoms with Gasteiger partial charge in [0.15, 0.2) is 0 Å². The molecule has 0 radical (unpaired) electrons. The number of nitrogens with zero attached hydrogens (tertiary/aromatic N) is 1. The number of aryl methyl sites for hydroxylation is 1. The minimum absolute atomic E-state index is 0.230. The minimum atomic E-state index is -0.503. The Bertz CT molecular complexity index is 757. The van der Waals surface area contributed by atoms with Crippen LogP contribution < -0.4 is 0 Å². The molecule has 3 rings (SSSR count). The van der Waals surface area contributed by atoms with Crippen LogP contribution in [-0.2, 0) is 15.9 Å². The summed E-state index contributed by atoms with van der Waals surface area (Å²) < 4.78 is 11.2. The van der Waals surface area contributed by atoms with Gasteiger partial charge in [0, 0.05) is 16.3 Å². The highest BCUT2D eigenvalue weighted by atomic mass is 32.2. The molecule has 0 aliphatic carbocycles. The predicted molar refractivity (Wildman–Crippen MR) is 113 cm³/mol. The van der Waals surface area contributed by atoms with E-state index in [9.17, 15) is 4.79 Å². The monoisotopic (exact) mass is 399 g/mol. The molecule has 1 unspecified atom stereocenters. The highest BCUT2D eigenvalue weighted by Gasteiger charge is 2.34. The van der Waals surface area contributed by atoms with E-state index in [4.69, 9.17) is 9.47 Å². The smallest absolute Gasteiger partial charge is 0.412 e. The third-order valence-electron chi connectivity index (χ3n) is 5.36. The van der Waals surface area contributed by atoms with E-state index in [0.717, 1.165) is 12.8 Å². The quantitative estimate of drug-likeness (QED) is 0.606. The molecule has 1 fully saturated rings. The molecule has 150 valence electrons. The van der Waals surface area contributed by atoms with Crippen LogP contribution in [0.15, 0.2) is 64.4 Å². The van der Waals surface area contributed by atoms with Crippen molar-refractivity contribution in [2.24, 2.45) is 5.92 Å². The summed E-state index contributed by atoms with van der Waals surface area (Å²) in [6.07, 6.45) is 1.38. The molecule has 0 aromatic heterocycles. The fourth-order valence-corrected chi connectivity index (χ4v) is 3.86. The fraction of sp³-hybridized carbons (Fsp3) is 0.435. The predicted octanol–water partition coefficient (Wildman–Crippen LogP) is 5.61. The number of rotatable bonds is 7. The van der Waals surface area contributed by atoms with Crippen molar-refractivity contribution in [3.63, 3.8) is 0 Å². The summed E-state index contributed by atoms with van der Waals surface area (Å²) in [6, 6.07) is 19.0. The van der Waals surface area contributed by atoms with E-state index >= 15 is 0 Å². The second kappa shape index (κ2) is 9.48. The average molecular weight is 400 g/mol. The summed E-state index contributed by atoms with van der Waals surface area (Å²) in [7, 11) is 0. The fourth-order valence-electron chi connectivity index (χ4n) is 3.02. The van der Waals surface area contributed by atoms with Crippen molar-refractivity contribution >= 4 is 17.9 Å². The lowest BCUT2D eigenvalue weighted by Gasteiger charge is -2.35. The number of hydrogen-bond donors (Lipinski definition) is 0.